The average molecular weight is 495 g/mol. The number of nitrogens with zero attached hydrogens (tertiary/aromatic N) is 3. The minimum atomic E-state index is 0.169. The fraction of sp³-hybridized carbons (Fsp3) is 0.0909. The molecular formula is C33H26N4O. The molecule has 5 nitrogen and oxygen atoms in total. The van der Waals surface area contributed by atoms with Crippen LogP contribution in [0.3, 0.4) is 0 Å². The van der Waals surface area contributed by atoms with Crippen LogP contribution in [-0.4, -0.2) is 24.6 Å². The van der Waals surface area contributed by atoms with Crippen molar-refractivity contribution in [2.75, 3.05) is 0 Å². The summed E-state index contributed by atoms with van der Waals surface area (Å²) in [7, 11) is 2.05. The molecule has 0 aliphatic rings. The first kappa shape index (κ1) is 22.3. The Kier molecular flexibility index (Phi) is 4.88. The Morgan fingerprint density at radius 3 is 2.34 bits per heavy atom. The molecule has 0 unspecified atom stereocenters. The number of pyridine rings is 1. The summed E-state index contributed by atoms with van der Waals surface area (Å²) in [5.41, 5.74) is 10.9. The van der Waals surface area contributed by atoms with E-state index in [0.717, 1.165) is 61.1 Å². The van der Waals surface area contributed by atoms with Crippen molar-refractivity contribution >= 4 is 32.8 Å². The van der Waals surface area contributed by atoms with Crippen molar-refractivity contribution in [3.63, 3.8) is 0 Å². The zero-order chi connectivity index (χ0) is 26.0. The van der Waals surface area contributed by atoms with Crippen molar-refractivity contribution in [2.24, 2.45) is 7.05 Å². The third kappa shape index (κ3) is 3.40. The molecule has 0 fully saturated rings. The minimum absolute atomic E-state index is 0.169. The highest BCUT2D eigenvalue weighted by Gasteiger charge is 2.19. The van der Waals surface area contributed by atoms with Crippen LogP contribution >= 0.6 is 0 Å². The predicted molar refractivity (Wildman–Crippen MR) is 155 cm³/mol. The molecule has 5 heteroatoms. The van der Waals surface area contributed by atoms with Crippen LogP contribution in [0.15, 0.2) is 91.1 Å². The molecule has 7 rings (SSSR count). The first-order valence-electron chi connectivity index (χ1n) is 12.7. The maximum Gasteiger partial charge on any atom is 0.143 e. The van der Waals surface area contributed by atoms with Crippen LogP contribution in [0.5, 0.6) is 5.75 Å². The fourth-order valence-corrected chi connectivity index (χ4v) is 5.67. The Morgan fingerprint density at radius 2 is 1.50 bits per heavy atom. The molecule has 7 aromatic rings. The van der Waals surface area contributed by atoms with Gasteiger partial charge in [-0.1, -0.05) is 65.7 Å². The molecule has 0 radical (unpaired) electrons. The SMILES string of the molecule is Cc1cc(C)cc(-c2cc(-c3cccc4c3nc(-c3cccc5cc[nH]c35)n4C)nc3c(O)cccc23)c1. The molecule has 0 aliphatic carbocycles. The maximum absolute atomic E-state index is 10.8. The molecule has 3 heterocycles. The van der Waals surface area contributed by atoms with Crippen molar-refractivity contribution in [3.05, 3.63) is 102 Å². The Morgan fingerprint density at radius 1 is 0.737 bits per heavy atom. The van der Waals surface area contributed by atoms with Crippen LogP contribution in [-0.2, 0) is 7.05 Å². The van der Waals surface area contributed by atoms with Gasteiger partial charge in [0.15, 0.2) is 0 Å². The van der Waals surface area contributed by atoms with Gasteiger partial charge in [-0.05, 0) is 55.3 Å². The number of hydrogen-bond acceptors (Lipinski definition) is 3. The second-order valence-electron chi connectivity index (χ2n) is 10.0. The Labute approximate surface area is 220 Å². The van der Waals surface area contributed by atoms with Gasteiger partial charge < -0.3 is 14.7 Å². The van der Waals surface area contributed by atoms with E-state index in [0.29, 0.717) is 5.52 Å². The summed E-state index contributed by atoms with van der Waals surface area (Å²) in [5, 5.41) is 12.9. The Balaban J connectivity index is 1.51. The summed E-state index contributed by atoms with van der Waals surface area (Å²) in [6.07, 6.45) is 1.96. The number of phenolic OH excluding ortho intramolecular Hbond substituents is 1. The zero-order valence-corrected chi connectivity index (χ0v) is 21.4. The van der Waals surface area contributed by atoms with E-state index in [1.165, 1.54) is 11.1 Å². The highest BCUT2D eigenvalue weighted by molar-refractivity contribution is 6.02. The number of aromatic amines is 1. The molecular weight excluding hydrogens is 468 g/mol. The molecule has 4 aromatic carbocycles. The van der Waals surface area contributed by atoms with E-state index >= 15 is 0 Å². The molecule has 0 bridgehead atoms. The van der Waals surface area contributed by atoms with Gasteiger partial charge in [-0.15, -0.1) is 0 Å². The largest absolute Gasteiger partial charge is 0.506 e. The van der Waals surface area contributed by atoms with Gasteiger partial charge in [-0.3, -0.25) is 0 Å². The number of nitrogens with one attached hydrogen (secondary N) is 1. The van der Waals surface area contributed by atoms with Crippen molar-refractivity contribution in [1.82, 2.24) is 19.5 Å². The quantitative estimate of drug-likeness (QED) is 0.262. The fourth-order valence-electron chi connectivity index (χ4n) is 5.67. The second kappa shape index (κ2) is 8.32. The Bertz CT molecular complexity index is 2010. The number of H-pyrrole nitrogens is 1. The van der Waals surface area contributed by atoms with E-state index in [-0.39, 0.29) is 5.75 Å². The number of aromatic hydroxyl groups is 1. The van der Waals surface area contributed by atoms with E-state index < -0.39 is 0 Å². The normalized spacial score (nSPS) is 11.7. The van der Waals surface area contributed by atoms with Gasteiger partial charge in [0.05, 0.1) is 22.2 Å². The molecule has 0 aliphatic heterocycles. The van der Waals surface area contributed by atoms with Gasteiger partial charge >= 0.3 is 0 Å². The summed E-state index contributed by atoms with van der Waals surface area (Å²) in [6.45, 7) is 4.22. The molecule has 0 saturated carbocycles. The molecule has 3 aromatic heterocycles. The summed E-state index contributed by atoms with van der Waals surface area (Å²) >= 11 is 0. The van der Waals surface area contributed by atoms with E-state index in [2.05, 4.69) is 91.1 Å². The standard InChI is InChI=1S/C33H26N4O/c1-19-15-20(2)17-22(16-19)26-18-27(35-32-23(26)8-6-12-29(32)38)24-9-5-11-28-31(24)36-33(37(28)3)25-10-4-7-21-13-14-34-30(21)25/h4-18,34,38H,1-3H3. The topological polar surface area (TPSA) is 66.7 Å². The van der Waals surface area contributed by atoms with Gasteiger partial charge in [0, 0.05) is 35.1 Å². The van der Waals surface area contributed by atoms with Gasteiger partial charge in [0.1, 0.15) is 17.1 Å². The first-order chi connectivity index (χ1) is 18.5. The van der Waals surface area contributed by atoms with Crippen LogP contribution in [0.1, 0.15) is 11.1 Å². The molecule has 38 heavy (non-hydrogen) atoms. The first-order valence-corrected chi connectivity index (χ1v) is 12.7. The molecule has 2 N–H and O–H groups in total. The lowest BCUT2D eigenvalue weighted by Gasteiger charge is -2.13. The number of imidazole rings is 1. The van der Waals surface area contributed by atoms with Crippen molar-refractivity contribution < 1.29 is 5.11 Å². The summed E-state index contributed by atoms with van der Waals surface area (Å²) < 4.78 is 2.14. The number of aromatic nitrogens is 4. The molecule has 0 amide bonds. The van der Waals surface area contributed by atoms with Crippen LogP contribution < -0.4 is 0 Å². The van der Waals surface area contributed by atoms with Crippen molar-refractivity contribution in [1.29, 1.82) is 0 Å². The van der Waals surface area contributed by atoms with Crippen LogP contribution in [0.2, 0.25) is 0 Å². The average Bonchev–Trinajstić information content (AvgIpc) is 3.52. The number of fused-ring (bicyclic) bond motifs is 3. The van der Waals surface area contributed by atoms with Gasteiger partial charge in [0.2, 0.25) is 0 Å². The number of benzene rings is 4. The number of aryl methyl sites for hydroxylation is 3. The summed E-state index contributed by atoms with van der Waals surface area (Å²) in [4.78, 5) is 13.5. The van der Waals surface area contributed by atoms with E-state index in [9.17, 15) is 5.11 Å². The van der Waals surface area contributed by atoms with Gasteiger partial charge in [-0.25, -0.2) is 9.97 Å². The van der Waals surface area contributed by atoms with E-state index in [1.54, 1.807) is 6.07 Å². The lowest BCUT2D eigenvalue weighted by molar-refractivity contribution is 0.480. The van der Waals surface area contributed by atoms with E-state index in [4.69, 9.17) is 9.97 Å². The molecule has 0 atom stereocenters. The van der Waals surface area contributed by atoms with Crippen molar-refractivity contribution in [2.45, 2.75) is 13.8 Å². The molecule has 0 saturated heterocycles. The smallest absolute Gasteiger partial charge is 0.143 e. The lowest BCUT2D eigenvalue weighted by Crippen LogP contribution is -1.93. The van der Waals surface area contributed by atoms with Crippen LogP contribution in [0, 0.1) is 13.8 Å². The monoisotopic (exact) mass is 494 g/mol. The second-order valence-corrected chi connectivity index (χ2v) is 10.0. The minimum Gasteiger partial charge on any atom is -0.506 e. The maximum atomic E-state index is 10.8. The number of para-hydroxylation sites is 3. The summed E-state index contributed by atoms with van der Waals surface area (Å²) in [5.74, 6) is 1.06. The highest BCUT2D eigenvalue weighted by atomic mass is 16.3. The van der Waals surface area contributed by atoms with E-state index in [1.807, 2.05) is 24.4 Å². The number of phenols is 1. The third-order valence-corrected chi connectivity index (χ3v) is 7.37. The van der Waals surface area contributed by atoms with Crippen LogP contribution in [0.4, 0.5) is 0 Å². The van der Waals surface area contributed by atoms with Gasteiger partial charge in [0.25, 0.3) is 0 Å². The van der Waals surface area contributed by atoms with Crippen LogP contribution in [0.25, 0.3) is 66.6 Å². The zero-order valence-electron chi connectivity index (χ0n) is 21.4. The summed E-state index contributed by atoms with van der Waals surface area (Å²) in [6, 6.07) is 28.8. The highest BCUT2D eigenvalue weighted by Crippen LogP contribution is 2.39. The van der Waals surface area contributed by atoms with Gasteiger partial charge in [-0.2, -0.15) is 0 Å². The lowest BCUT2D eigenvalue weighted by atomic mass is 9.95. The third-order valence-electron chi connectivity index (χ3n) is 7.37. The number of rotatable bonds is 3. The Hall–Kier alpha value is -4.90. The molecule has 184 valence electrons. The predicted octanol–water partition coefficient (Wildman–Crippen LogP) is 7.93. The van der Waals surface area contributed by atoms with Crippen molar-refractivity contribution in [3.8, 4) is 39.5 Å². The molecule has 0 spiro atoms. The number of hydrogen-bond donors (Lipinski definition) is 2.